The normalized spacial score (nSPS) is 21.6. The number of hydrogen-bond donors (Lipinski definition) is 2. The van der Waals surface area contributed by atoms with Gasteiger partial charge in [-0.15, -0.1) is 0 Å². The van der Waals surface area contributed by atoms with Gasteiger partial charge >= 0.3 is 0 Å². The molecule has 0 bridgehead atoms. The summed E-state index contributed by atoms with van der Waals surface area (Å²) in [5.74, 6) is 3.21. The molecule has 0 aliphatic heterocycles. The highest BCUT2D eigenvalue weighted by Gasteiger charge is 2.33. The standard InChI is InChI=1S/C13H20N6/c1-4-14-13-17-11-10(15-7-16-11)12(18-13)19(3)6-9-5-8(9)2/h7-9H,4-6H2,1-3H3,(H2,14,15,16,17,18). The predicted octanol–water partition coefficient (Wildman–Crippen LogP) is 1.88. The number of anilines is 2. The average molecular weight is 260 g/mol. The summed E-state index contributed by atoms with van der Waals surface area (Å²) in [5.41, 5.74) is 1.63. The van der Waals surface area contributed by atoms with Crippen molar-refractivity contribution in [3.05, 3.63) is 6.33 Å². The number of nitrogens with one attached hydrogen (secondary N) is 2. The lowest BCUT2D eigenvalue weighted by Gasteiger charge is -2.19. The predicted molar refractivity (Wildman–Crippen MR) is 76.4 cm³/mol. The fraction of sp³-hybridized carbons (Fsp3) is 0.615. The summed E-state index contributed by atoms with van der Waals surface area (Å²) in [7, 11) is 2.09. The maximum atomic E-state index is 4.60. The van der Waals surface area contributed by atoms with Gasteiger partial charge in [0.2, 0.25) is 5.95 Å². The van der Waals surface area contributed by atoms with Crippen LogP contribution in [-0.2, 0) is 0 Å². The number of aromatic amines is 1. The summed E-state index contributed by atoms with van der Waals surface area (Å²) >= 11 is 0. The lowest BCUT2D eigenvalue weighted by molar-refractivity contribution is 0.720. The van der Waals surface area contributed by atoms with Crippen molar-refractivity contribution in [1.82, 2.24) is 19.9 Å². The van der Waals surface area contributed by atoms with Crippen LogP contribution in [0.3, 0.4) is 0 Å². The number of nitrogens with zero attached hydrogens (tertiary/aromatic N) is 4. The summed E-state index contributed by atoms with van der Waals surface area (Å²) < 4.78 is 0. The molecule has 102 valence electrons. The van der Waals surface area contributed by atoms with Crippen molar-refractivity contribution in [2.24, 2.45) is 11.8 Å². The van der Waals surface area contributed by atoms with Crippen molar-refractivity contribution < 1.29 is 0 Å². The van der Waals surface area contributed by atoms with Crippen molar-refractivity contribution in [2.75, 3.05) is 30.4 Å². The summed E-state index contributed by atoms with van der Waals surface area (Å²) in [5, 5.41) is 3.16. The van der Waals surface area contributed by atoms with Crippen LogP contribution < -0.4 is 10.2 Å². The molecule has 2 aromatic rings. The Morgan fingerprint density at radius 2 is 2.26 bits per heavy atom. The quantitative estimate of drug-likeness (QED) is 0.859. The minimum atomic E-state index is 0.646. The molecule has 1 fully saturated rings. The maximum absolute atomic E-state index is 4.60. The Balaban J connectivity index is 1.92. The van der Waals surface area contributed by atoms with Crippen LogP contribution in [0.15, 0.2) is 6.33 Å². The van der Waals surface area contributed by atoms with Crippen molar-refractivity contribution in [3.63, 3.8) is 0 Å². The minimum Gasteiger partial charge on any atom is -0.357 e. The molecular formula is C13H20N6. The van der Waals surface area contributed by atoms with E-state index in [0.717, 1.165) is 41.9 Å². The van der Waals surface area contributed by atoms with Gasteiger partial charge < -0.3 is 15.2 Å². The molecule has 6 heteroatoms. The third kappa shape index (κ3) is 2.34. The zero-order valence-electron chi connectivity index (χ0n) is 11.6. The molecule has 2 aromatic heterocycles. The van der Waals surface area contributed by atoms with Gasteiger partial charge in [0.05, 0.1) is 6.33 Å². The second kappa shape index (κ2) is 4.68. The van der Waals surface area contributed by atoms with Crippen molar-refractivity contribution in [2.45, 2.75) is 20.3 Å². The van der Waals surface area contributed by atoms with Crippen LogP contribution in [0, 0.1) is 11.8 Å². The second-order valence-electron chi connectivity index (χ2n) is 5.36. The van der Waals surface area contributed by atoms with Gasteiger partial charge in [0.25, 0.3) is 0 Å². The minimum absolute atomic E-state index is 0.646. The number of H-pyrrole nitrogens is 1. The molecule has 1 aliphatic rings. The Morgan fingerprint density at radius 1 is 1.47 bits per heavy atom. The van der Waals surface area contributed by atoms with Crippen molar-refractivity contribution in [3.8, 4) is 0 Å². The SMILES string of the molecule is CCNc1nc(N(C)CC2CC2C)c2[nH]cnc2n1. The highest BCUT2D eigenvalue weighted by molar-refractivity contribution is 5.84. The molecule has 2 atom stereocenters. The van der Waals surface area contributed by atoms with Crippen LogP contribution >= 0.6 is 0 Å². The van der Waals surface area contributed by atoms with Crippen molar-refractivity contribution in [1.29, 1.82) is 0 Å². The van der Waals surface area contributed by atoms with E-state index in [1.54, 1.807) is 6.33 Å². The highest BCUT2D eigenvalue weighted by Crippen LogP contribution is 2.39. The zero-order chi connectivity index (χ0) is 13.4. The maximum Gasteiger partial charge on any atom is 0.226 e. The van der Waals surface area contributed by atoms with Gasteiger partial charge in [-0.2, -0.15) is 9.97 Å². The fourth-order valence-corrected chi connectivity index (χ4v) is 2.42. The van der Waals surface area contributed by atoms with Gasteiger partial charge in [0.15, 0.2) is 11.5 Å². The van der Waals surface area contributed by atoms with E-state index < -0.39 is 0 Å². The Morgan fingerprint density at radius 3 is 2.95 bits per heavy atom. The average Bonchev–Trinajstić information content (AvgIpc) is 2.90. The Kier molecular flexibility index (Phi) is 3.00. The number of rotatable bonds is 5. The molecule has 2 N–H and O–H groups in total. The van der Waals surface area contributed by atoms with E-state index in [1.807, 2.05) is 6.92 Å². The smallest absolute Gasteiger partial charge is 0.226 e. The molecule has 0 saturated heterocycles. The lowest BCUT2D eigenvalue weighted by atomic mass is 10.3. The fourth-order valence-electron chi connectivity index (χ4n) is 2.42. The van der Waals surface area contributed by atoms with Gasteiger partial charge in [-0.25, -0.2) is 4.98 Å². The van der Waals surface area contributed by atoms with E-state index in [0.29, 0.717) is 5.95 Å². The molecular weight excluding hydrogens is 240 g/mol. The van der Waals surface area contributed by atoms with Crippen LogP contribution in [0.5, 0.6) is 0 Å². The van der Waals surface area contributed by atoms with Gasteiger partial charge in [0, 0.05) is 20.1 Å². The number of imidazole rings is 1. The molecule has 3 rings (SSSR count). The van der Waals surface area contributed by atoms with Gasteiger partial charge in [0.1, 0.15) is 5.52 Å². The molecule has 2 heterocycles. The van der Waals surface area contributed by atoms with E-state index in [1.165, 1.54) is 6.42 Å². The number of aromatic nitrogens is 4. The van der Waals surface area contributed by atoms with Crippen LogP contribution in [0.4, 0.5) is 11.8 Å². The molecule has 2 unspecified atom stereocenters. The first-order valence-corrected chi connectivity index (χ1v) is 6.85. The van der Waals surface area contributed by atoms with E-state index in [-0.39, 0.29) is 0 Å². The van der Waals surface area contributed by atoms with Crippen LogP contribution in [0.1, 0.15) is 20.3 Å². The zero-order valence-corrected chi connectivity index (χ0v) is 11.6. The molecule has 1 saturated carbocycles. The summed E-state index contributed by atoms with van der Waals surface area (Å²) in [6.45, 7) is 6.18. The Hall–Kier alpha value is -1.85. The first kappa shape index (κ1) is 12.2. The topological polar surface area (TPSA) is 69.7 Å². The largest absolute Gasteiger partial charge is 0.357 e. The summed E-state index contributed by atoms with van der Waals surface area (Å²) in [4.78, 5) is 18.6. The number of hydrogen-bond acceptors (Lipinski definition) is 5. The third-order valence-electron chi connectivity index (χ3n) is 3.75. The third-order valence-corrected chi connectivity index (χ3v) is 3.75. The Bertz CT molecular complexity index is 578. The Labute approximate surface area is 112 Å². The molecule has 0 radical (unpaired) electrons. The van der Waals surface area contributed by atoms with E-state index in [2.05, 4.69) is 44.1 Å². The van der Waals surface area contributed by atoms with E-state index >= 15 is 0 Å². The molecule has 6 nitrogen and oxygen atoms in total. The molecule has 19 heavy (non-hydrogen) atoms. The van der Waals surface area contributed by atoms with Crippen molar-refractivity contribution >= 4 is 22.9 Å². The first-order chi connectivity index (χ1) is 9.19. The number of fused-ring (bicyclic) bond motifs is 1. The van der Waals surface area contributed by atoms with Gasteiger partial charge in [-0.1, -0.05) is 6.92 Å². The van der Waals surface area contributed by atoms with Gasteiger partial charge in [-0.05, 0) is 25.2 Å². The monoisotopic (exact) mass is 260 g/mol. The first-order valence-electron chi connectivity index (χ1n) is 6.85. The van der Waals surface area contributed by atoms with Crippen LogP contribution in [0.2, 0.25) is 0 Å². The second-order valence-corrected chi connectivity index (χ2v) is 5.36. The summed E-state index contributed by atoms with van der Waals surface area (Å²) in [6.07, 6.45) is 2.99. The van der Waals surface area contributed by atoms with E-state index in [4.69, 9.17) is 0 Å². The summed E-state index contributed by atoms with van der Waals surface area (Å²) in [6, 6.07) is 0. The molecule has 0 spiro atoms. The highest BCUT2D eigenvalue weighted by atomic mass is 15.2. The van der Waals surface area contributed by atoms with Gasteiger partial charge in [-0.3, -0.25) is 0 Å². The lowest BCUT2D eigenvalue weighted by Crippen LogP contribution is -2.22. The van der Waals surface area contributed by atoms with Crippen LogP contribution in [-0.4, -0.2) is 40.1 Å². The van der Waals surface area contributed by atoms with E-state index in [9.17, 15) is 0 Å². The van der Waals surface area contributed by atoms with Crippen LogP contribution in [0.25, 0.3) is 11.2 Å². The molecule has 0 aromatic carbocycles. The molecule has 0 amide bonds. The molecule has 1 aliphatic carbocycles.